The molecule has 0 radical (unpaired) electrons. The molecular weight excluding hydrogens is 193 g/mol. The molecule has 0 aliphatic carbocycles. The summed E-state index contributed by atoms with van der Waals surface area (Å²) in [6, 6.07) is 4.45. The first-order chi connectivity index (χ1) is 7.31. The third-order valence-corrected chi connectivity index (χ3v) is 2.03. The molecular formula is C11H10FN3. The predicted octanol–water partition coefficient (Wildman–Crippen LogP) is 2.31. The molecule has 0 N–H and O–H groups in total. The van der Waals surface area contributed by atoms with Crippen molar-refractivity contribution in [1.82, 2.24) is 15.0 Å². The van der Waals surface area contributed by atoms with Crippen LogP contribution in [0.4, 0.5) is 4.39 Å². The topological polar surface area (TPSA) is 30.7 Å². The Morgan fingerprint density at radius 2 is 2.33 bits per heavy atom. The quantitative estimate of drug-likeness (QED) is 0.717. The second kappa shape index (κ2) is 4.04. The SMILES string of the molecule is C=CC=CCn1nnc2cc(F)ccc21. The highest BCUT2D eigenvalue weighted by Gasteiger charge is 2.03. The number of benzene rings is 1. The van der Waals surface area contributed by atoms with Crippen LogP contribution in [0.3, 0.4) is 0 Å². The van der Waals surface area contributed by atoms with Gasteiger partial charge in [0.05, 0.1) is 12.1 Å². The highest BCUT2D eigenvalue weighted by molar-refractivity contribution is 5.74. The normalized spacial score (nSPS) is 11.3. The van der Waals surface area contributed by atoms with E-state index in [-0.39, 0.29) is 5.82 Å². The fourth-order valence-electron chi connectivity index (χ4n) is 1.34. The van der Waals surface area contributed by atoms with Gasteiger partial charge >= 0.3 is 0 Å². The maximum absolute atomic E-state index is 12.8. The molecule has 0 amide bonds. The summed E-state index contributed by atoms with van der Waals surface area (Å²) >= 11 is 0. The smallest absolute Gasteiger partial charge is 0.125 e. The van der Waals surface area contributed by atoms with E-state index in [1.807, 2.05) is 12.2 Å². The van der Waals surface area contributed by atoms with Crippen LogP contribution in [-0.4, -0.2) is 15.0 Å². The molecule has 2 aromatic rings. The summed E-state index contributed by atoms with van der Waals surface area (Å²) in [5.41, 5.74) is 1.40. The van der Waals surface area contributed by atoms with Gasteiger partial charge < -0.3 is 0 Å². The lowest BCUT2D eigenvalue weighted by atomic mass is 10.3. The van der Waals surface area contributed by atoms with E-state index in [0.717, 1.165) is 5.52 Å². The van der Waals surface area contributed by atoms with Crippen LogP contribution in [0, 0.1) is 5.82 Å². The van der Waals surface area contributed by atoms with Crippen LogP contribution in [0.5, 0.6) is 0 Å². The van der Waals surface area contributed by atoms with E-state index in [2.05, 4.69) is 16.9 Å². The van der Waals surface area contributed by atoms with E-state index in [9.17, 15) is 4.39 Å². The monoisotopic (exact) mass is 203 g/mol. The molecule has 0 saturated heterocycles. The Hall–Kier alpha value is -1.97. The maximum Gasteiger partial charge on any atom is 0.125 e. The van der Waals surface area contributed by atoms with Gasteiger partial charge in [-0.1, -0.05) is 30.0 Å². The lowest BCUT2D eigenvalue weighted by Crippen LogP contribution is -1.97. The molecule has 0 spiro atoms. The third-order valence-electron chi connectivity index (χ3n) is 2.03. The van der Waals surface area contributed by atoms with Gasteiger partial charge in [0.15, 0.2) is 0 Å². The number of hydrogen-bond acceptors (Lipinski definition) is 2. The summed E-state index contributed by atoms with van der Waals surface area (Å²) in [5.74, 6) is -0.295. The van der Waals surface area contributed by atoms with Crippen LogP contribution in [0.15, 0.2) is 43.0 Å². The maximum atomic E-state index is 12.8. The summed E-state index contributed by atoms with van der Waals surface area (Å²) < 4.78 is 14.6. The first-order valence-electron chi connectivity index (χ1n) is 4.57. The molecule has 1 aromatic carbocycles. The van der Waals surface area contributed by atoms with E-state index in [4.69, 9.17) is 0 Å². The number of nitrogens with zero attached hydrogens (tertiary/aromatic N) is 3. The third kappa shape index (κ3) is 1.93. The summed E-state index contributed by atoms with van der Waals surface area (Å²) in [5, 5.41) is 7.79. The zero-order valence-electron chi connectivity index (χ0n) is 8.10. The molecule has 2 rings (SSSR count). The molecule has 1 heterocycles. The van der Waals surface area contributed by atoms with Crippen molar-refractivity contribution in [3.8, 4) is 0 Å². The van der Waals surface area contributed by atoms with E-state index in [1.165, 1.54) is 12.1 Å². The molecule has 76 valence electrons. The van der Waals surface area contributed by atoms with Gasteiger partial charge in [-0.3, -0.25) is 0 Å². The van der Waals surface area contributed by atoms with E-state index < -0.39 is 0 Å². The van der Waals surface area contributed by atoms with Crippen LogP contribution < -0.4 is 0 Å². The Bertz CT molecular complexity index is 514. The highest BCUT2D eigenvalue weighted by atomic mass is 19.1. The van der Waals surface area contributed by atoms with Crippen LogP contribution in [0.25, 0.3) is 11.0 Å². The second-order valence-corrected chi connectivity index (χ2v) is 3.07. The predicted molar refractivity (Wildman–Crippen MR) is 56.8 cm³/mol. The summed E-state index contributed by atoms with van der Waals surface area (Å²) in [6.07, 6.45) is 5.43. The van der Waals surface area contributed by atoms with Gasteiger partial charge in [0, 0.05) is 6.07 Å². The van der Waals surface area contributed by atoms with Gasteiger partial charge in [-0.25, -0.2) is 9.07 Å². The minimum atomic E-state index is -0.295. The number of rotatable bonds is 3. The Balaban J connectivity index is 2.36. The largest absolute Gasteiger partial charge is 0.241 e. The Labute approximate surface area is 86.5 Å². The van der Waals surface area contributed by atoms with E-state index in [0.29, 0.717) is 12.1 Å². The van der Waals surface area contributed by atoms with E-state index in [1.54, 1.807) is 16.8 Å². The van der Waals surface area contributed by atoms with E-state index >= 15 is 0 Å². The first kappa shape index (κ1) is 9.58. The van der Waals surface area contributed by atoms with Crippen molar-refractivity contribution in [1.29, 1.82) is 0 Å². The van der Waals surface area contributed by atoms with Crippen molar-refractivity contribution in [2.75, 3.05) is 0 Å². The zero-order chi connectivity index (χ0) is 10.7. The van der Waals surface area contributed by atoms with Crippen molar-refractivity contribution in [3.63, 3.8) is 0 Å². The van der Waals surface area contributed by atoms with Gasteiger partial charge in [-0.05, 0) is 12.1 Å². The summed E-state index contributed by atoms with van der Waals surface area (Å²) in [7, 11) is 0. The molecule has 0 aliphatic rings. The van der Waals surface area contributed by atoms with Crippen LogP contribution in [0.2, 0.25) is 0 Å². The number of fused-ring (bicyclic) bond motifs is 1. The number of halogens is 1. The number of allylic oxidation sites excluding steroid dienone is 3. The van der Waals surface area contributed by atoms with Crippen molar-refractivity contribution >= 4 is 11.0 Å². The summed E-state index contributed by atoms with van der Waals surface area (Å²) in [6.45, 7) is 4.18. The highest BCUT2D eigenvalue weighted by Crippen LogP contribution is 2.12. The fourth-order valence-corrected chi connectivity index (χ4v) is 1.34. The van der Waals surface area contributed by atoms with Crippen LogP contribution >= 0.6 is 0 Å². The first-order valence-corrected chi connectivity index (χ1v) is 4.57. The molecule has 0 bridgehead atoms. The van der Waals surface area contributed by atoms with Crippen molar-refractivity contribution < 1.29 is 4.39 Å². The number of hydrogen-bond donors (Lipinski definition) is 0. The average Bonchev–Trinajstić information content (AvgIpc) is 2.61. The minimum absolute atomic E-state index is 0.295. The molecule has 3 nitrogen and oxygen atoms in total. The standard InChI is InChI=1S/C11H10FN3/c1-2-3-4-7-15-11-6-5-9(12)8-10(11)13-14-15/h2-6,8H,1,7H2. The second-order valence-electron chi connectivity index (χ2n) is 3.07. The molecule has 15 heavy (non-hydrogen) atoms. The lowest BCUT2D eigenvalue weighted by Gasteiger charge is -1.96. The Morgan fingerprint density at radius 3 is 3.13 bits per heavy atom. The molecule has 4 heteroatoms. The average molecular weight is 203 g/mol. The molecule has 0 atom stereocenters. The molecule has 1 aromatic heterocycles. The van der Waals surface area contributed by atoms with Crippen LogP contribution in [0.1, 0.15) is 0 Å². The minimum Gasteiger partial charge on any atom is -0.241 e. The van der Waals surface area contributed by atoms with Gasteiger partial charge in [-0.2, -0.15) is 0 Å². The molecule has 0 fully saturated rings. The molecule has 0 unspecified atom stereocenters. The molecule has 0 saturated carbocycles. The van der Waals surface area contributed by atoms with Crippen LogP contribution in [-0.2, 0) is 6.54 Å². The van der Waals surface area contributed by atoms with Gasteiger partial charge in [0.25, 0.3) is 0 Å². The number of aromatic nitrogens is 3. The van der Waals surface area contributed by atoms with Crippen molar-refractivity contribution in [3.05, 3.63) is 48.8 Å². The van der Waals surface area contributed by atoms with Gasteiger partial charge in [-0.15, -0.1) is 5.10 Å². The van der Waals surface area contributed by atoms with Gasteiger partial charge in [0.1, 0.15) is 11.3 Å². The molecule has 0 aliphatic heterocycles. The Morgan fingerprint density at radius 1 is 1.47 bits per heavy atom. The van der Waals surface area contributed by atoms with Crippen molar-refractivity contribution in [2.45, 2.75) is 6.54 Å². The zero-order valence-corrected chi connectivity index (χ0v) is 8.10. The summed E-state index contributed by atoms with van der Waals surface area (Å²) in [4.78, 5) is 0. The van der Waals surface area contributed by atoms with Crippen molar-refractivity contribution in [2.24, 2.45) is 0 Å². The van der Waals surface area contributed by atoms with Gasteiger partial charge in [0.2, 0.25) is 0 Å². The Kier molecular flexibility index (Phi) is 2.58. The fraction of sp³-hybridized carbons (Fsp3) is 0.0909. The lowest BCUT2D eigenvalue weighted by molar-refractivity contribution is 0.629.